The predicted octanol–water partition coefficient (Wildman–Crippen LogP) is 3.97. The van der Waals surface area contributed by atoms with Gasteiger partial charge in [0.15, 0.2) is 0 Å². The Hall–Kier alpha value is -3.70. The third-order valence-electron chi connectivity index (χ3n) is 4.88. The quantitative estimate of drug-likeness (QED) is 0.595. The van der Waals surface area contributed by atoms with E-state index >= 15 is 0 Å². The Bertz CT molecular complexity index is 1130. The second kappa shape index (κ2) is 10.6. The van der Waals surface area contributed by atoms with Gasteiger partial charge in [-0.1, -0.05) is 23.4 Å². The van der Waals surface area contributed by atoms with Gasteiger partial charge in [-0.15, -0.1) is 0 Å². The van der Waals surface area contributed by atoms with Gasteiger partial charge < -0.3 is 20.1 Å². The Balaban J connectivity index is 0.000000427. The SMILES string of the molecule is CC(C)Oc1ccc(-c2nc(-c3cccc4c3CCC4)no2)cc1C#N.NCCC(=O)O. The first kappa shape index (κ1) is 23.0. The van der Waals surface area contributed by atoms with Crippen LogP contribution in [0.2, 0.25) is 0 Å². The van der Waals surface area contributed by atoms with Gasteiger partial charge in [0, 0.05) is 17.7 Å². The Morgan fingerprint density at radius 1 is 1.31 bits per heavy atom. The van der Waals surface area contributed by atoms with Crippen molar-refractivity contribution in [2.24, 2.45) is 5.73 Å². The number of aromatic nitrogens is 2. The van der Waals surface area contributed by atoms with Crippen molar-refractivity contribution in [2.45, 2.75) is 45.6 Å². The minimum Gasteiger partial charge on any atom is -0.490 e. The fourth-order valence-electron chi connectivity index (χ4n) is 3.51. The zero-order chi connectivity index (χ0) is 23.1. The van der Waals surface area contributed by atoms with E-state index in [1.807, 2.05) is 32.0 Å². The molecule has 0 saturated heterocycles. The maximum absolute atomic E-state index is 9.52. The summed E-state index contributed by atoms with van der Waals surface area (Å²) in [5, 5.41) is 21.4. The van der Waals surface area contributed by atoms with Crippen LogP contribution in [0.4, 0.5) is 0 Å². The van der Waals surface area contributed by atoms with Gasteiger partial charge in [-0.25, -0.2) is 0 Å². The van der Waals surface area contributed by atoms with E-state index in [0.29, 0.717) is 28.6 Å². The van der Waals surface area contributed by atoms with Crippen molar-refractivity contribution >= 4 is 5.97 Å². The van der Waals surface area contributed by atoms with E-state index < -0.39 is 5.97 Å². The molecule has 0 unspecified atom stereocenters. The number of carbonyl (C=O) groups is 1. The normalized spacial score (nSPS) is 12.0. The first-order chi connectivity index (χ1) is 15.4. The van der Waals surface area contributed by atoms with Crippen molar-refractivity contribution < 1.29 is 19.2 Å². The highest BCUT2D eigenvalue weighted by Crippen LogP contribution is 2.32. The molecule has 8 heteroatoms. The summed E-state index contributed by atoms with van der Waals surface area (Å²) in [5.74, 6) is 0.729. The van der Waals surface area contributed by atoms with Crippen LogP contribution < -0.4 is 10.5 Å². The summed E-state index contributed by atoms with van der Waals surface area (Å²) in [6.07, 6.45) is 3.40. The summed E-state index contributed by atoms with van der Waals surface area (Å²) < 4.78 is 11.1. The molecule has 4 rings (SSSR count). The lowest BCUT2D eigenvalue weighted by atomic mass is 10.0. The Labute approximate surface area is 186 Å². The summed E-state index contributed by atoms with van der Waals surface area (Å²) in [4.78, 5) is 14.1. The van der Waals surface area contributed by atoms with Crippen LogP contribution in [0.25, 0.3) is 22.8 Å². The van der Waals surface area contributed by atoms with Crippen LogP contribution in [0, 0.1) is 11.3 Å². The monoisotopic (exact) mass is 434 g/mol. The highest BCUT2D eigenvalue weighted by atomic mass is 16.5. The standard InChI is InChI=1S/C21H19N3O2.C3H7NO2/c1-13(2)25-19-10-9-15(11-16(19)12-22)21-23-20(24-26-21)18-8-4-6-14-5-3-7-17(14)18;4-2-1-3(5)6/h4,6,8-11,13H,3,5,7H2,1-2H3;1-2,4H2,(H,5,6). The zero-order valence-corrected chi connectivity index (χ0v) is 18.2. The number of nitrogens with zero attached hydrogens (tertiary/aromatic N) is 3. The second-order valence-corrected chi connectivity index (χ2v) is 7.64. The van der Waals surface area contributed by atoms with Gasteiger partial charge in [-0.3, -0.25) is 4.79 Å². The van der Waals surface area contributed by atoms with E-state index in [0.717, 1.165) is 18.4 Å². The average Bonchev–Trinajstić information content (AvgIpc) is 3.43. The maximum Gasteiger partial charge on any atom is 0.304 e. The minimum atomic E-state index is -0.836. The van der Waals surface area contributed by atoms with E-state index in [9.17, 15) is 10.1 Å². The summed E-state index contributed by atoms with van der Waals surface area (Å²) in [5.41, 5.74) is 9.74. The number of benzene rings is 2. The van der Waals surface area contributed by atoms with E-state index in [2.05, 4.69) is 22.3 Å². The largest absolute Gasteiger partial charge is 0.490 e. The smallest absolute Gasteiger partial charge is 0.304 e. The van der Waals surface area contributed by atoms with Crippen molar-refractivity contribution in [2.75, 3.05) is 6.54 Å². The lowest BCUT2D eigenvalue weighted by Gasteiger charge is -2.11. The van der Waals surface area contributed by atoms with Gasteiger partial charge >= 0.3 is 5.97 Å². The van der Waals surface area contributed by atoms with Crippen LogP contribution in [0.15, 0.2) is 40.9 Å². The number of hydrogen-bond donors (Lipinski definition) is 2. The second-order valence-electron chi connectivity index (χ2n) is 7.64. The molecule has 0 spiro atoms. The molecule has 0 atom stereocenters. The number of aliphatic carboxylic acids is 1. The molecule has 0 radical (unpaired) electrons. The molecule has 32 heavy (non-hydrogen) atoms. The summed E-state index contributed by atoms with van der Waals surface area (Å²) in [6, 6.07) is 13.8. The fourth-order valence-corrected chi connectivity index (χ4v) is 3.51. The third-order valence-corrected chi connectivity index (χ3v) is 4.88. The Morgan fingerprint density at radius 2 is 2.12 bits per heavy atom. The molecule has 0 fully saturated rings. The number of nitrogens with two attached hydrogens (primary N) is 1. The van der Waals surface area contributed by atoms with Crippen molar-refractivity contribution in [1.29, 1.82) is 5.26 Å². The number of hydrogen-bond acceptors (Lipinski definition) is 7. The molecule has 0 bridgehead atoms. The lowest BCUT2D eigenvalue weighted by molar-refractivity contribution is -0.136. The minimum absolute atomic E-state index is 0.00290. The van der Waals surface area contributed by atoms with Crippen molar-refractivity contribution in [3.63, 3.8) is 0 Å². The highest BCUT2D eigenvalue weighted by molar-refractivity contribution is 5.67. The molecule has 1 aromatic heterocycles. The first-order valence-corrected chi connectivity index (χ1v) is 10.5. The maximum atomic E-state index is 9.52. The van der Waals surface area contributed by atoms with Gasteiger partial charge in [-0.2, -0.15) is 10.2 Å². The first-order valence-electron chi connectivity index (χ1n) is 10.5. The van der Waals surface area contributed by atoms with Crippen LogP contribution in [-0.2, 0) is 17.6 Å². The van der Waals surface area contributed by atoms with Gasteiger partial charge in [-0.05, 0) is 62.4 Å². The number of ether oxygens (including phenoxy) is 1. The van der Waals surface area contributed by atoms with Crippen molar-refractivity contribution in [3.05, 3.63) is 53.1 Å². The number of carboxylic acids is 1. The number of aryl methyl sites for hydroxylation is 1. The number of nitriles is 1. The van der Waals surface area contributed by atoms with Crippen LogP contribution in [0.3, 0.4) is 0 Å². The van der Waals surface area contributed by atoms with Crippen LogP contribution >= 0.6 is 0 Å². The highest BCUT2D eigenvalue weighted by Gasteiger charge is 2.20. The van der Waals surface area contributed by atoms with Crippen LogP contribution in [0.1, 0.15) is 43.4 Å². The predicted molar refractivity (Wildman–Crippen MR) is 119 cm³/mol. The topological polar surface area (TPSA) is 135 Å². The van der Waals surface area contributed by atoms with Crippen molar-refractivity contribution in [1.82, 2.24) is 10.1 Å². The Morgan fingerprint density at radius 3 is 2.78 bits per heavy atom. The molecular weight excluding hydrogens is 408 g/mol. The molecular formula is C24H26N4O4. The molecule has 1 aliphatic rings. The van der Waals surface area contributed by atoms with E-state index in [-0.39, 0.29) is 19.1 Å². The summed E-state index contributed by atoms with van der Waals surface area (Å²) >= 11 is 0. The fraction of sp³-hybridized carbons (Fsp3) is 0.333. The zero-order valence-electron chi connectivity index (χ0n) is 18.2. The summed E-state index contributed by atoms with van der Waals surface area (Å²) in [6.45, 7) is 4.09. The van der Waals surface area contributed by atoms with E-state index in [1.54, 1.807) is 12.1 Å². The molecule has 1 heterocycles. The average molecular weight is 434 g/mol. The molecule has 0 amide bonds. The molecule has 2 aromatic carbocycles. The van der Waals surface area contributed by atoms with Crippen LogP contribution in [0.5, 0.6) is 5.75 Å². The molecule has 0 saturated carbocycles. The molecule has 0 aliphatic heterocycles. The van der Waals surface area contributed by atoms with E-state index in [1.165, 1.54) is 17.5 Å². The molecule has 3 aromatic rings. The lowest BCUT2D eigenvalue weighted by Crippen LogP contribution is -2.06. The van der Waals surface area contributed by atoms with Crippen LogP contribution in [-0.4, -0.2) is 33.9 Å². The summed E-state index contributed by atoms with van der Waals surface area (Å²) in [7, 11) is 0. The third kappa shape index (κ3) is 5.50. The molecule has 3 N–H and O–H groups in total. The number of fused-ring (bicyclic) bond motifs is 1. The van der Waals surface area contributed by atoms with Gasteiger partial charge in [0.1, 0.15) is 11.8 Å². The number of rotatable bonds is 6. The van der Waals surface area contributed by atoms with Crippen molar-refractivity contribution in [3.8, 4) is 34.7 Å². The molecule has 1 aliphatic carbocycles. The van der Waals surface area contributed by atoms with Gasteiger partial charge in [0.05, 0.1) is 18.1 Å². The van der Waals surface area contributed by atoms with Gasteiger partial charge in [0.2, 0.25) is 5.82 Å². The van der Waals surface area contributed by atoms with Gasteiger partial charge in [0.25, 0.3) is 5.89 Å². The number of carboxylic acid groups (broad SMARTS) is 1. The molecule has 8 nitrogen and oxygen atoms in total. The Kier molecular flexibility index (Phi) is 7.58. The molecule has 166 valence electrons. The van der Waals surface area contributed by atoms with E-state index in [4.69, 9.17) is 20.1 Å².